The number of hydrogen-bond acceptors (Lipinski definition) is 6. The summed E-state index contributed by atoms with van der Waals surface area (Å²) >= 11 is 5.88. The zero-order valence-corrected chi connectivity index (χ0v) is 19.0. The highest BCUT2D eigenvalue weighted by atomic mass is 35.5. The van der Waals surface area contributed by atoms with Crippen LogP contribution in [-0.4, -0.2) is 63.0 Å². The molecule has 0 unspecified atom stereocenters. The van der Waals surface area contributed by atoms with Gasteiger partial charge in [-0.3, -0.25) is 0 Å². The first-order chi connectivity index (χ1) is 14.8. The fourth-order valence-corrected chi connectivity index (χ4v) is 5.07. The van der Waals surface area contributed by atoms with Crippen molar-refractivity contribution in [2.45, 2.75) is 4.90 Å². The van der Waals surface area contributed by atoms with Gasteiger partial charge in [-0.2, -0.15) is 4.31 Å². The molecule has 0 atom stereocenters. The lowest BCUT2D eigenvalue weighted by atomic mass is 10.1. The highest BCUT2D eigenvalue weighted by Crippen LogP contribution is 2.25. The van der Waals surface area contributed by atoms with E-state index in [0.717, 1.165) is 22.8 Å². The molecule has 2 aromatic carbocycles. The van der Waals surface area contributed by atoms with Gasteiger partial charge in [0.15, 0.2) is 0 Å². The van der Waals surface area contributed by atoms with Crippen molar-refractivity contribution in [2.75, 3.05) is 50.1 Å². The molecule has 3 aromatic rings. The monoisotopic (exact) mass is 457 g/mol. The average molecular weight is 458 g/mol. The lowest BCUT2D eigenvalue weighted by Gasteiger charge is -2.34. The van der Waals surface area contributed by atoms with Crippen LogP contribution in [0.2, 0.25) is 5.02 Å². The summed E-state index contributed by atoms with van der Waals surface area (Å²) in [5.41, 5.74) is 2.97. The Morgan fingerprint density at radius 3 is 2.16 bits per heavy atom. The molecule has 4 rings (SSSR count). The van der Waals surface area contributed by atoms with Gasteiger partial charge in [0.05, 0.1) is 10.6 Å². The number of piperazine rings is 1. The summed E-state index contributed by atoms with van der Waals surface area (Å²) in [6.07, 6.45) is 1.56. The van der Waals surface area contributed by atoms with Gasteiger partial charge in [0.1, 0.15) is 12.1 Å². The Hall–Kier alpha value is -2.68. The van der Waals surface area contributed by atoms with Gasteiger partial charge in [-0.1, -0.05) is 23.7 Å². The molecule has 2 heterocycles. The summed E-state index contributed by atoms with van der Waals surface area (Å²) in [6.45, 7) is 1.90. The van der Waals surface area contributed by atoms with Crippen LogP contribution in [0, 0.1) is 0 Å². The van der Waals surface area contributed by atoms with Gasteiger partial charge in [-0.05, 0) is 36.4 Å². The van der Waals surface area contributed by atoms with Crippen molar-refractivity contribution in [2.24, 2.45) is 0 Å². The first-order valence-electron chi connectivity index (χ1n) is 9.95. The van der Waals surface area contributed by atoms with Crippen LogP contribution in [0.3, 0.4) is 0 Å². The maximum absolute atomic E-state index is 12.9. The third kappa shape index (κ3) is 4.66. The molecule has 162 valence electrons. The van der Waals surface area contributed by atoms with Crippen LogP contribution in [0.1, 0.15) is 0 Å². The number of hydrogen-bond donors (Lipinski definition) is 0. The molecular weight excluding hydrogens is 434 g/mol. The van der Waals surface area contributed by atoms with Crippen LogP contribution >= 0.6 is 11.6 Å². The highest BCUT2D eigenvalue weighted by molar-refractivity contribution is 7.89. The SMILES string of the molecule is CN(C)c1ccc(-c2cc(N3CCN(S(=O)(=O)c4ccc(Cl)cc4)CC3)ncn2)cc1. The van der Waals surface area contributed by atoms with E-state index in [9.17, 15) is 8.42 Å². The number of benzene rings is 2. The minimum atomic E-state index is -3.54. The molecule has 1 aliphatic heterocycles. The molecule has 1 aliphatic rings. The van der Waals surface area contributed by atoms with Crippen LogP contribution in [0.15, 0.2) is 65.8 Å². The molecule has 1 fully saturated rings. The number of rotatable bonds is 5. The van der Waals surface area contributed by atoms with Crippen LogP contribution in [0.25, 0.3) is 11.3 Å². The molecule has 7 nitrogen and oxygen atoms in total. The molecule has 9 heteroatoms. The first kappa shape index (κ1) is 21.5. The lowest BCUT2D eigenvalue weighted by Crippen LogP contribution is -2.48. The maximum atomic E-state index is 12.9. The second-order valence-corrected chi connectivity index (χ2v) is 9.92. The van der Waals surface area contributed by atoms with E-state index in [4.69, 9.17) is 11.6 Å². The van der Waals surface area contributed by atoms with E-state index in [1.54, 1.807) is 30.6 Å². The molecule has 0 amide bonds. The predicted octanol–water partition coefficient (Wildman–Crippen LogP) is 3.37. The number of anilines is 2. The van der Waals surface area contributed by atoms with Crippen LogP contribution < -0.4 is 9.80 Å². The molecule has 0 N–H and O–H groups in total. The second kappa shape index (κ2) is 8.82. The topological polar surface area (TPSA) is 69.6 Å². The normalized spacial score (nSPS) is 15.1. The molecule has 0 saturated carbocycles. The van der Waals surface area contributed by atoms with Crippen LogP contribution in [-0.2, 0) is 10.0 Å². The van der Waals surface area contributed by atoms with E-state index >= 15 is 0 Å². The first-order valence-corrected chi connectivity index (χ1v) is 11.8. The molecule has 31 heavy (non-hydrogen) atoms. The van der Waals surface area contributed by atoms with Crippen LogP contribution in [0.4, 0.5) is 11.5 Å². The summed E-state index contributed by atoms with van der Waals surface area (Å²) in [5.74, 6) is 0.797. The van der Waals surface area contributed by atoms with E-state index in [1.165, 1.54) is 4.31 Å². The molecule has 0 bridgehead atoms. The zero-order valence-electron chi connectivity index (χ0n) is 17.4. The van der Waals surface area contributed by atoms with E-state index in [1.807, 2.05) is 37.2 Å². The van der Waals surface area contributed by atoms with Crippen molar-refractivity contribution in [3.05, 3.63) is 65.9 Å². The van der Waals surface area contributed by atoms with Gasteiger partial charge in [0.2, 0.25) is 10.0 Å². The van der Waals surface area contributed by atoms with Gasteiger partial charge in [-0.15, -0.1) is 0 Å². The summed E-state index contributed by atoms with van der Waals surface area (Å²) < 4.78 is 27.3. The van der Waals surface area contributed by atoms with Crippen molar-refractivity contribution in [1.29, 1.82) is 0 Å². The maximum Gasteiger partial charge on any atom is 0.243 e. The van der Waals surface area contributed by atoms with Gasteiger partial charge in [0.25, 0.3) is 0 Å². The Morgan fingerprint density at radius 1 is 0.903 bits per heavy atom. The van der Waals surface area contributed by atoms with Gasteiger partial charge >= 0.3 is 0 Å². The largest absolute Gasteiger partial charge is 0.378 e. The van der Waals surface area contributed by atoms with E-state index in [-0.39, 0.29) is 4.90 Å². The number of aromatic nitrogens is 2. The quantitative estimate of drug-likeness (QED) is 0.585. The van der Waals surface area contributed by atoms with Crippen molar-refractivity contribution in [3.63, 3.8) is 0 Å². The Labute approximate surface area is 188 Å². The molecule has 0 spiro atoms. The molecule has 0 radical (unpaired) electrons. The summed E-state index contributed by atoms with van der Waals surface area (Å²) in [6, 6.07) is 16.4. The van der Waals surface area contributed by atoms with Crippen molar-refractivity contribution >= 4 is 33.1 Å². The minimum Gasteiger partial charge on any atom is -0.378 e. The predicted molar refractivity (Wildman–Crippen MR) is 124 cm³/mol. The number of sulfonamides is 1. The Kier molecular flexibility index (Phi) is 6.13. The standard InChI is InChI=1S/C22H24ClN5O2S/c1-26(2)19-7-3-17(4-8-19)21-15-22(25-16-24-21)27-11-13-28(14-12-27)31(29,30)20-9-5-18(23)6-10-20/h3-10,15-16H,11-14H2,1-2H3. The smallest absolute Gasteiger partial charge is 0.243 e. The Morgan fingerprint density at radius 2 is 1.55 bits per heavy atom. The molecular formula is C22H24ClN5O2S. The van der Waals surface area contributed by atoms with Gasteiger partial charge in [-0.25, -0.2) is 18.4 Å². The molecule has 1 saturated heterocycles. The molecule has 1 aromatic heterocycles. The minimum absolute atomic E-state index is 0.260. The third-order valence-electron chi connectivity index (χ3n) is 5.35. The number of halogens is 1. The summed E-state index contributed by atoms with van der Waals surface area (Å²) in [7, 11) is 0.474. The number of nitrogens with zero attached hydrogens (tertiary/aromatic N) is 5. The average Bonchev–Trinajstić information content (AvgIpc) is 2.79. The van der Waals surface area contributed by atoms with E-state index in [2.05, 4.69) is 27.0 Å². The second-order valence-electron chi connectivity index (χ2n) is 7.55. The van der Waals surface area contributed by atoms with Crippen molar-refractivity contribution in [3.8, 4) is 11.3 Å². The summed E-state index contributed by atoms with van der Waals surface area (Å²) in [5, 5.41) is 0.514. The fourth-order valence-electron chi connectivity index (χ4n) is 3.52. The van der Waals surface area contributed by atoms with E-state index in [0.29, 0.717) is 31.2 Å². The van der Waals surface area contributed by atoms with Gasteiger partial charge < -0.3 is 9.80 Å². The fraction of sp³-hybridized carbons (Fsp3) is 0.273. The Bertz CT molecular complexity index is 1140. The molecule has 0 aliphatic carbocycles. The van der Waals surface area contributed by atoms with Crippen molar-refractivity contribution < 1.29 is 8.42 Å². The van der Waals surface area contributed by atoms with E-state index < -0.39 is 10.0 Å². The zero-order chi connectivity index (χ0) is 22.0. The lowest BCUT2D eigenvalue weighted by molar-refractivity contribution is 0.384. The van der Waals surface area contributed by atoms with Crippen molar-refractivity contribution in [1.82, 2.24) is 14.3 Å². The Balaban J connectivity index is 1.46. The summed E-state index contributed by atoms with van der Waals surface area (Å²) in [4.78, 5) is 13.2. The van der Waals surface area contributed by atoms with Gasteiger partial charge in [0, 0.05) is 62.6 Å². The van der Waals surface area contributed by atoms with Crippen LogP contribution in [0.5, 0.6) is 0 Å². The third-order valence-corrected chi connectivity index (χ3v) is 7.51. The highest BCUT2D eigenvalue weighted by Gasteiger charge is 2.29.